The molecule has 0 radical (unpaired) electrons. The number of carboxylic acid groups (broad SMARTS) is 1. The molecule has 0 aliphatic carbocycles. The van der Waals surface area contributed by atoms with Gasteiger partial charge in [0.2, 0.25) is 0 Å². The van der Waals surface area contributed by atoms with Gasteiger partial charge in [-0.3, -0.25) is 9.59 Å². The molecular formula is C30H38N4O3. The van der Waals surface area contributed by atoms with Gasteiger partial charge in [0.1, 0.15) is 0 Å². The predicted octanol–water partition coefficient (Wildman–Crippen LogP) is 4.80. The van der Waals surface area contributed by atoms with E-state index in [2.05, 4.69) is 12.1 Å². The van der Waals surface area contributed by atoms with Crippen molar-refractivity contribution in [2.24, 2.45) is 5.84 Å². The highest BCUT2D eigenvalue weighted by Crippen LogP contribution is 2.24. The molecule has 196 valence electrons. The van der Waals surface area contributed by atoms with Crippen molar-refractivity contribution in [1.82, 2.24) is 4.90 Å². The molecule has 0 bridgehead atoms. The SMILES string of the molecule is CCN(N)c1cccc(C)c1N.Cc1ccc(C(=O)N2CCc3ccc(CCC(=O)O)cc3C2)cc1C. The summed E-state index contributed by atoms with van der Waals surface area (Å²) in [6, 6.07) is 17.8. The van der Waals surface area contributed by atoms with E-state index in [1.165, 1.54) is 11.1 Å². The number of nitrogens with two attached hydrogens (primary N) is 2. The second kappa shape index (κ2) is 12.4. The number of nitrogens with zero attached hydrogens (tertiary/aromatic N) is 2. The highest BCUT2D eigenvalue weighted by molar-refractivity contribution is 5.94. The first kappa shape index (κ1) is 27.7. The van der Waals surface area contributed by atoms with Crippen LogP contribution in [-0.4, -0.2) is 35.0 Å². The van der Waals surface area contributed by atoms with Gasteiger partial charge < -0.3 is 20.7 Å². The lowest BCUT2D eigenvalue weighted by atomic mass is 9.95. The molecule has 1 amide bonds. The van der Waals surface area contributed by atoms with E-state index in [0.29, 0.717) is 19.5 Å². The molecule has 4 rings (SSSR count). The van der Waals surface area contributed by atoms with Crippen molar-refractivity contribution >= 4 is 23.3 Å². The van der Waals surface area contributed by atoms with Gasteiger partial charge in [-0.1, -0.05) is 36.4 Å². The van der Waals surface area contributed by atoms with Crippen molar-refractivity contribution in [1.29, 1.82) is 0 Å². The van der Waals surface area contributed by atoms with Gasteiger partial charge in [-0.05, 0) is 92.1 Å². The first-order chi connectivity index (χ1) is 17.6. The number of carboxylic acids is 1. The number of hydrazine groups is 1. The van der Waals surface area contributed by atoms with E-state index in [-0.39, 0.29) is 12.3 Å². The molecule has 0 aromatic heterocycles. The minimum absolute atomic E-state index is 0.0599. The third-order valence-electron chi connectivity index (χ3n) is 6.90. The molecule has 0 fully saturated rings. The normalized spacial score (nSPS) is 12.3. The third-order valence-corrected chi connectivity index (χ3v) is 6.90. The maximum atomic E-state index is 12.8. The Morgan fingerprint density at radius 2 is 1.73 bits per heavy atom. The molecule has 7 nitrogen and oxygen atoms in total. The minimum atomic E-state index is -0.788. The summed E-state index contributed by atoms with van der Waals surface area (Å²) in [4.78, 5) is 25.5. The number of carbonyl (C=O) groups is 2. The second-order valence-electron chi connectivity index (χ2n) is 9.57. The number of carbonyl (C=O) groups excluding carboxylic acids is 1. The number of aryl methyl sites for hydroxylation is 4. The average molecular weight is 503 g/mol. The van der Waals surface area contributed by atoms with E-state index >= 15 is 0 Å². The van der Waals surface area contributed by atoms with Crippen LogP contribution in [0, 0.1) is 20.8 Å². The summed E-state index contributed by atoms with van der Waals surface area (Å²) in [7, 11) is 0. The van der Waals surface area contributed by atoms with Crippen LogP contribution in [0.25, 0.3) is 0 Å². The Kier molecular flexibility index (Phi) is 9.31. The first-order valence-corrected chi connectivity index (χ1v) is 12.7. The third kappa shape index (κ3) is 7.11. The molecule has 7 heteroatoms. The van der Waals surface area contributed by atoms with Crippen molar-refractivity contribution in [2.45, 2.75) is 53.5 Å². The Morgan fingerprint density at radius 3 is 2.41 bits per heavy atom. The van der Waals surface area contributed by atoms with Gasteiger partial charge >= 0.3 is 5.97 Å². The zero-order valence-electron chi connectivity index (χ0n) is 22.3. The molecule has 1 aliphatic heterocycles. The Morgan fingerprint density at radius 1 is 0.973 bits per heavy atom. The van der Waals surface area contributed by atoms with Crippen molar-refractivity contribution in [3.05, 3.63) is 93.5 Å². The van der Waals surface area contributed by atoms with Crippen molar-refractivity contribution in [3.63, 3.8) is 0 Å². The van der Waals surface area contributed by atoms with Gasteiger partial charge in [0, 0.05) is 31.6 Å². The summed E-state index contributed by atoms with van der Waals surface area (Å²) in [5.74, 6) is 4.99. The summed E-state index contributed by atoms with van der Waals surface area (Å²) < 4.78 is 0. The molecule has 3 aromatic rings. The standard InChI is InChI=1S/C21H23NO3.C9H15N3/c1-14-3-6-18(11-15(14)2)21(25)22-10-9-17-7-4-16(5-8-20(23)24)12-19(17)13-22;1-3-12(11)8-6-4-5-7(2)9(8)10/h3-4,6-7,11-12H,5,8-10,13H2,1-2H3,(H,23,24);4-6H,3,10-11H2,1-2H3. The highest BCUT2D eigenvalue weighted by atomic mass is 16.4. The van der Waals surface area contributed by atoms with Crippen LogP contribution >= 0.6 is 0 Å². The highest BCUT2D eigenvalue weighted by Gasteiger charge is 2.22. The Hall–Kier alpha value is -3.84. The number of fused-ring (bicyclic) bond motifs is 1. The quantitative estimate of drug-likeness (QED) is 0.254. The number of hydrogen-bond acceptors (Lipinski definition) is 5. The number of anilines is 2. The molecular weight excluding hydrogens is 464 g/mol. The van der Waals surface area contributed by atoms with E-state index in [9.17, 15) is 9.59 Å². The number of hydrogen-bond donors (Lipinski definition) is 3. The summed E-state index contributed by atoms with van der Waals surface area (Å²) in [6.07, 6.45) is 1.49. The summed E-state index contributed by atoms with van der Waals surface area (Å²) in [5.41, 5.74) is 15.0. The molecule has 0 spiro atoms. The van der Waals surface area contributed by atoms with Crippen LogP contribution < -0.4 is 16.6 Å². The van der Waals surface area contributed by atoms with Gasteiger partial charge in [-0.25, -0.2) is 5.84 Å². The monoisotopic (exact) mass is 502 g/mol. The topological polar surface area (TPSA) is 113 Å². The van der Waals surface area contributed by atoms with Gasteiger partial charge in [0.15, 0.2) is 0 Å². The van der Waals surface area contributed by atoms with E-state index in [4.69, 9.17) is 16.7 Å². The molecule has 1 aliphatic rings. The van der Waals surface area contributed by atoms with Crippen LogP contribution in [0.1, 0.15) is 57.1 Å². The van der Waals surface area contributed by atoms with Crippen LogP contribution in [0.3, 0.4) is 0 Å². The maximum absolute atomic E-state index is 12.8. The lowest BCUT2D eigenvalue weighted by molar-refractivity contribution is -0.136. The van der Waals surface area contributed by atoms with Crippen molar-refractivity contribution < 1.29 is 14.7 Å². The second-order valence-corrected chi connectivity index (χ2v) is 9.57. The Bertz CT molecular complexity index is 1270. The number of amides is 1. The number of para-hydroxylation sites is 1. The average Bonchev–Trinajstić information content (AvgIpc) is 2.89. The van der Waals surface area contributed by atoms with E-state index < -0.39 is 5.97 Å². The summed E-state index contributed by atoms with van der Waals surface area (Å²) in [6.45, 7) is 10.1. The molecule has 5 N–H and O–H groups in total. The van der Waals surface area contributed by atoms with Gasteiger partial charge in [0.25, 0.3) is 5.91 Å². The van der Waals surface area contributed by atoms with Crippen LogP contribution in [0.4, 0.5) is 11.4 Å². The fraction of sp³-hybridized carbons (Fsp3) is 0.333. The van der Waals surface area contributed by atoms with E-state index in [1.807, 2.05) is 75.1 Å². The molecule has 0 atom stereocenters. The van der Waals surface area contributed by atoms with E-state index in [0.717, 1.165) is 52.2 Å². The van der Waals surface area contributed by atoms with Crippen molar-refractivity contribution in [3.8, 4) is 0 Å². The van der Waals surface area contributed by atoms with Crippen LogP contribution in [0.2, 0.25) is 0 Å². The molecule has 3 aromatic carbocycles. The van der Waals surface area contributed by atoms with Crippen LogP contribution in [0.15, 0.2) is 54.6 Å². The van der Waals surface area contributed by atoms with Crippen LogP contribution in [-0.2, 0) is 24.2 Å². The Balaban J connectivity index is 0.000000266. The zero-order valence-corrected chi connectivity index (χ0v) is 22.3. The minimum Gasteiger partial charge on any atom is -0.481 e. The lowest BCUT2D eigenvalue weighted by Crippen LogP contribution is -2.36. The van der Waals surface area contributed by atoms with Gasteiger partial charge in [-0.2, -0.15) is 0 Å². The predicted molar refractivity (Wildman–Crippen MR) is 150 cm³/mol. The molecule has 1 heterocycles. The van der Waals surface area contributed by atoms with E-state index in [1.54, 1.807) is 5.01 Å². The molecule has 0 saturated heterocycles. The lowest BCUT2D eigenvalue weighted by Gasteiger charge is -2.29. The molecule has 0 unspecified atom stereocenters. The number of aliphatic carboxylic acids is 1. The summed E-state index contributed by atoms with van der Waals surface area (Å²) >= 11 is 0. The number of rotatable bonds is 6. The summed E-state index contributed by atoms with van der Waals surface area (Å²) in [5, 5.41) is 10.5. The largest absolute Gasteiger partial charge is 0.481 e. The fourth-order valence-electron chi connectivity index (χ4n) is 4.33. The number of benzene rings is 3. The maximum Gasteiger partial charge on any atom is 0.303 e. The van der Waals surface area contributed by atoms with Crippen molar-refractivity contribution in [2.75, 3.05) is 23.8 Å². The molecule has 37 heavy (non-hydrogen) atoms. The Labute approximate surface area is 219 Å². The number of nitrogen functional groups attached to an aromatic ring is 1. The first-order valence-electron chi connectivity index (χ1n) is 12.7. The van der Waals surface area contributed by atoms with Gasteiger partial charge in [-0.15, -0.1) is 0 Å². The zero-order chi connectivity index (χ0) is 27.1. The van der Waals surface area contributed by atoms with Gasteiger partial charge in [0.05, 0.1) is 11.4 Å². The van der Waals surface area contributed by atoms with Crippen LogP contribution in [0.5, 0.6) is 0 Å². The fourth-order valence-corrected chi connectivity index (χ4v) is 4.33. The molecule has 0 saturated carbocycles. The smallest absolute Gasteiger partial charge is 0.303 e.